The van der Waals surface area contributed by atoms with Crippen LogP contribution >= 0.6 is 0 Å². The van der Waals surface area contributed by atoms with Crippen LogP contribution in [0, 0.1) is 11.8 Å². The summed E-state index contributed by atoms with van der Waals surface area (Å²) in [6.07, 6.45) is 4.28. The van der Waals surface area contributed by atoms with Gasteiger partial charge in [0.15, 0.2) is 9.84 Å². The molecule has 0 spiro atoms. The third-order valence-electron chi connectivity index (χ3n) is 3.83. The molecule has 16 heavy (non-hydrogen) atoms. The fourth-order valence-corrected chi connectivity index (χ4v) is 4.76. The molecule has 3 atom stereocenters. The Labute approximate surface area is 97.5 Å². The zero-order chi connectivity index (χ0) is 11.6. The minimum absolute atomic E-state index is 0.263. The molecule has 0 aliphatic carbocycles. The summed E-state index contributed by atoms with van der Waals surface area (Å²) in [6, 6.07) is 0. The lowest BCUT2D eigenvalue weighted by Gasteiger charge is -2.23. The summed E-state index contributed by atoms with van der Waals surface area (Å²) in [5.74, 6) is 1.26. The molecule has 2 N–H and O–H groups in total. The van der Waals surface area contributed by atoms with E-state index in [0.29, 0.717) is 30.1 Å². The molecule has 0 bridgehead atoms. The first-order valence-corrected chi connectivity index (χ1v) is 7.95. The molecule has 2 heterocycles. The van der Waals surface area contributed by atoms with Gasteiger partial charge in [-0.15, -0.1) is 0 Å². The molecule has 5 heteroatoms. The topological polar surface area (TPSA) is 69.4 Å². The van der Waals surface area contributed by atoms with E-state index in [0.717, 1.165) is 32.3 Å². The van der Waals surface area contributed by atoms with Gasteiger partial charge in [0.25, 0.3) is 0 Å². The van der Waals surface area contributed by atoms with Crippen LogP contribution in [0.15, 0.2) is 0 Å². The molecular formula is C11H21NO3S. The third kappa shape index (κ3) is 2.96. The Morgan fingerprint density at radius 3 is 2.69 bits per heavy atom. The summed E-state index contributed by atoms with van der Waals surface area (Å²) < 4.78 is 28.4. The molecule has 2 aliphatic heterocycles. The third-order valence-corrected chi connectivity index (χ3v) is 5.62. The molecule has 2 fully saturated rings. The largest absolute Gasteiger partial charge is 0.378 e. The first-order valence-electron chi connectivity index (χ1n) is 6.13. The van der Waals surface area contributed by atoms with Crippen molar-refractivity contribution in [3.63, 3.8) is 0 Å². The van der Waals surface area contributed by atoms with Crippen molar-refractivity contribution in [3.05, 3.63) is 0 Å². The standard InChI is InChI=1S/C11H21NO3S/c12-7-10(6-11-2-1-4-15-11)9-3-5-16(13,14)8-9/h9-11H,1-8,12H2. The zero-order valence-electron chi connectivity index (χ0n) is 9.60. The van der Waals surface area contributed by atoms with Gasteiger partial charge in [-0.3, -0.25) is 0 Å². The fraction of sp³-hybridized carbons (Fsp3) is 1.00. The predicted molar refractivity (Wildman–Crippen MR) is 62.9 cm³/mol. The highest BCUT2D eigenvalue weighted by molar-refractivity contribution is 7.91. The number of sulfone groups is 1. The van der Waals surface area contributed by atoms with Crippen LogP contribution in [0.5, 0.6) is 0 Å². The van der Waals surface area contributed by atoms with Gasteiger partial charge in [0.2, 0.25) is 0 Å². The van der Waals surface area contributed by atoms with Crippen LogP contribution in [0.4, 0.5) is 0 Å². The molecule has 0 aromatic heterocycles. The van der Waals surface area contributed by atoms with E-state index in [2.05, 4.69) is 0 Å². The average molecular weight is 247 g/mol. The normalized spacial score (nSPS) is 35.3. The molecule has 0 amide bonds. The number of hydrogen-bond acceptors (Lipinski definition) is 4. The monoisotopic (exact) mass is 247 g/mol. The Kier molecular flexibility index (Phi) is 3.87. The maximum atomic E-state index is 11.4. The summed E-state index contributed by atoms with van der Waals surface area (Å²) in [6.45, 7) is 1.44. The second-order valence-electron chi connectivity index (χ2n) is 5.03. The van der Waals surface area contributed by atoms with Gasteiger partial charge in [0, 0.05) is 6.61 Å². The van der Waals surface area contributed by atoms with Crippen molar-refractivity contribution < 1.29 is 13.2 Å². The van der Waals surface area contributed by atoms with Crippen LogP contribution in [-0.4, -0.2) is 39.2 Å². The van der Waals surface area contributed by atoms with E-state index in [1.165, 1.54) is 0 Å². The van der Waals surface area contributed by atoms with Crippen molar-refractivity contribution in [2.24, 2.45) is 17.6 Å². The van der Waals surface area contributed by atoms with Gasteiger partial charge in [-0.1, -0.05) is 0 Å². The highest BCUT2D eigenvalue weighted by Gasteiger charge is 2.34. The molecule has 4 nitrogen and oxygen atoms in total. The van der Waals surface area contributed by atoms with Crippen molar-refractivity contribution in [2.75, 3.05) is 24.7 Å². The van der Waals surface area contributed by atoms with Gasteiger partial charge in [0.05, 0.1) is 17.6 Å². The van der Waals surface area contributed by atoms with Crippen molar-refractivity contribution >= 4 is 9.84 Å². The molecule has 3 unspecified atom stereocenters. The van der Waals surface area contributed by atoms with E-state index in [4.69, 9.17) is 10.5 Å². The quantitative estimate of drug-likeness (QED) is 0.788. The lowest BCUT2D eigenvalue weighted by Crippen LogP contribution is -2.28. The van der Waals surface area contributed by atoms with Gasteiger partial charge >= 0.3 is 0 Å². The summed E-state index contributed by atoms with van der Waals surface area (Å²) in [5, 5.41) is 0. The van der Waals surface area contributed by atoms with Crippen molar-refractivity contribution in [2.45, 2.75) is 31.8 Å². The Morgan fingerprint density at radius 1 is 1.38 bits per heavy atom. The van der Waals surface area contributed by atoms with Gasteiger partial charge in [-0.05, 0) is 44.1 Å². The lowest BCUT2D eigenvalue weighted by molar-refractivity contribution is 0.0825. The lowest BCUT2D eigenvalue weighted by atomic mass is 9.86. The maximum absolute atomic E-state index is 11.4. The van der Waals surface area contributed by atoms with Crippen LogP contribution < -0.4 is 5.73 Å². The molecule has 2 saturated heterocycles. The summed E-state index contributed by atoms with van der Waals surface area (Å²) in [4.78, 5) is 0. The Hall–Kier alpha value is -0.130. The van der Waals surface area contributed by atoms with Crippen LogP contribution in [0.2, 0.25) is 0 Å². The predicted octanol–water partition coefficient (Wildman–Crippen LogP) is 0.565. The number of ether oxygens (including phenoxy) is 1. The SMILES string of the molecule is NCC(CC1CCCO1)C1CCS(=O)(=O)C1. The van der Waals surface area contributed by atoms with Crippen molar-refractivity contribution in [1.29, 1.82) is 0 Å². The van der Waals surface area contributed by atoms with E-state index < -0.39 is 9.84 Å². The molecule has 0 saturated carbocycles. The Bertz CT molecular complexity index is 322. The van der Waals surface area contributed by atoms with E-state index >= 15 is 0 Å². The minimum atomic E-state index is -2.78. The number of rotatable bonds is 4. The Morgan fingerprint density at radius 2 is 2.19 bits per heavy atom. The Balaban J connectivity index is 1.89. The first kappa shape index (κ1) is 12.3. The maximum Gasteiger partial charge on any atom is 0.150 e. The summed E-state index contributed by atoms with van der Waals surface area (Å²) in [7, 11) is -2.78. The van der Waals surface area contributed by atoms with E-state index in [9.17, 15) is 8.42 Å². The molecule has 2 rings (SSSR count). The van der Waals surface area contributed by atoms with Crippen LogP contribution in [0.25, 0.3) is 0 Å². The van der Waals surface area contributed by atoms with Gasteiger partial charge < -0.3 is 10.5 Å². The van der Waals surface area contributed by atoms with Gasteiger partial charge in [0.1, 0.15) is 0 Å². The van der Waals surface area contributed by atoms with E-state index in [1.807, 2.05) is 0 Å². The summed E-state index contributed by atoms with van der Waals surface area (Å²) >= 11 is 0. The van der Waals surface area contributed by atoms with Gasteiger partial charge in [-0.2, -0.15) is 0 Å². The number of nitrogens with two attached hydrogens (primary N) is 1. The van der Waals surface area contributed by atoms with E-state index in [-0.39, 0.29) is 5.92 Å². The van der Waals surface area contributed by atoms with Crippen LogP contribution in [0.1, 0.15) is 25.7 Å². The molecule has 0 aromatic rings. The highest BCUT2D eigenvalue weighted by atomic mass is 32.2. The average Bonchev–Trinajstić information content (AvgIpc) is 2.83. The second kappa shape index (κ2) is 5.02. The van der Waals surface area contributed by atoms with Crippen molar-refractivity contribution in [3.8, 4) is 0 Å². The van der Waals surface area contributed by atoms with Crippen LogP contribution in [0.3, 0.4) is 0 Å². The first-order chi connectivity index (χ1) is 7.61. The molecule has 2 aliphatic rings. The molecule has 0 aromatic carbocycles. The van der Waals surface area contributed by atoms with E-state index in [1.54, 1.807) is 0 Å². The second-order valence-corrected chi connectivity index (χ2v) is 7.26. The molecule has 0 radical (unpaired) electrons. The smallest absolute Gasteiger partial charge is 0.150 e. The fourth-order valence-electron chi connectivity index (χ4n) is 2.84. The van der Waals surface area contributed by atoms with Crippen molar-refractivity contribution in [1.82, 2.24) is 0 Å². The minimum Gasteiger partial charge on any atom is -0.378 e. The summed E-state index contributed by atoms with van der Waals surface area (Å²) in [5.41, 5.74) is 5.77. The van der Waals surface area contributed by atoms with Crippen LogP contribution in [-0.2, 0) is 14.6 Å². The molecular weight excluding hydrogens is 226 g/mol. The van der Waals surface area contributed by atoms with Gasteiger partial charge in [-0.25, -0.2) is 8.42 Å². The zero-order valence-corrected chi connectivity index (χ0v) is 10.4. The molecule has 94 valence electrons. The highest BCUT2D eigenvalue weighted by Crippen LogP contribution is 2.31. The number of hydrogen-bond donors (Lipinski definition) is 1.